The molecule has 2 aromatic rings. The van der Waals surface area contributed by atoms with Gasteiger partial charge in [-0.05, 0) is 32.3 Å². The van der Waals surface area contributed by atoms with Crippen LogP contribution >= 0.6 is 11.5 Å². The van der Waals surface area contributed by atoms with Crippen LogP contribution in [0.2, 0.25) is 0 Å². The average Bonchev–Trinajstić information content (AvgIpc) is 2.81. The van der Waals surface area contributed by atoms with Gasteiger partial charge in [-0.1, -0.05) is 5.16 Å². The Hall–Kier alpha value is -1.89. The van der Waals surface area contributed by atoms with Gasteiger partial charge < -0.3 is 14.9 Å². The van der Waals surface area contributed by atoms with Crippen LogP contribution in [-0.4, -0.2) is 20.6 Å². The third kappa shape index (κ3) is 2.21. The summed E-state index contributed by atoms with van der Waals surface area (Å²) in [5.41, 5.74) is 2.50. The van der Waals surface area contributed by atoms with E-state index in [0.29, 0.717) is 17.2 Å². The molecule has 2 heterocycles. The molecule has 0 amide bonds. The molecule has 0 spiro atoms. The number of aryl methyl sites for hydroxylation is 3. The van der Waals surface area contributed by atoms with Crippen molar-refractivity contribution in [3.05, 3.63) is 28.3 Å². The molecule has 7 heteroatoms. The Morgan fingerprint density at radius 1 is 1.39 bits per heavy atom. The van der Waals surface area contributed by atoms with Gasteiger partial charge in [0.25, 0.3) is 0 Å². The third-order valence-corrected chi connectivity index (χ3v) is 3.58. The van der Waals surface area contributed by atoms with Crippen molar-refractivity contribution in [1.29, 1.82) is 0 Å². The molecular weight excluding hydrogens is 254 g/mol. The Kier molecular flexibility index (Phi) is 3.33. The van der Waals surface area contributed by atoms with Gasteiger partial charge in [0, 0.05) is 12.1 Å². The van der Waals surface area contributed by atoms with Crippen LogP contribution in [-0.2, 0) is 6.54 Å². The lowest BCUT2D eigenvalue weighted by Crippen LogP contribution is -2.05. The van der Waals surface area contributed by atoms with E-state index in [4.69, 9.17) is 9.63 Å². The minimum atomic E-state index is -0.970. The summed E-state index contributed by atoms with van der Waals surface area (Å²) >= 11 is 1.15. The molecule has 0 fully saturated rings. The smallest absolute Gasteiger partial charge is 0.340 e. The number of carbonyl (C=O) groups is 1. The SMILES string of the molecule is Cc1noc(C)c1CNc1snc(C)c1C(=O)O. The molecule has 0 aliphatic rings. The number of nitrogens with zero attached hydrogens (tertiary/aromatic N) is 2. The van der Waals surface area contributed by atoms with Crippen molar-refractivity contribution < 1.29 is 14.4 Å². The molecule has 0 saturated heterocycles. The molecule has 0 unspecified atom stereocenters. The zero-order chi connectivity index (χ0) is 13.3. The fourth-order valence-electron chi connectivity index (χ4n) is 1.67. The first kappa shape index (κ1) is 12.6. The quantitative estimate of drug-likeness (QED) is 0.884. The molecule has 0 radical (unpaired) electrons. The van der Waals surface area contributed by atoms with Gasteiger partial charge in [-0.3, -0.25) is 0 Å². The normalized spacial score (nSPS) is 10.6. The van der Waals surface area contributed by atoms with Gasteiger partial charge in [0.15, 0.2) is 0 Å². The summed E-state index contributed by atoms with van der Waals surface area (Å²) < 4.78 is 9.09. The highest BCUT2D eigenvalue weighted by molar-refractivity contribution is 7.10. The summed E-state index contributed by atoms with van der Waals surface area (Å²) in [6.45, 7) is 5.83. The van der Waals surface area contributed by atoms with Gasteiger partial charge >= 0.3 is 5.97 Å². The van der Waals surface area contributed by atoms with E-state index in [-0.39, 0.29) is 5.56 Å². The second kappa shape index (κ2) is 4.77. The van der Waals surface area contributed by atoms with Crippen LogP contribution in [0.1, 0.15) is 33.1 Å². The first-order valence-electron chi connectivity index (χ1n) is 5.36. The number of anilines is 1. The maximum Gasteiger partial charge on any atom is 0.340 e. The fraction of sp³-hybridized carbons (Fsp3) is 0.364. The molecule has 2 N–H and O–H groups in total. The van der Waals surface area contributed by atoms with Crippen LogP contribution in [0.25, 0.3) is 0 Å². The molecule has 2 rings (SSSR count). The number of nitrogens with one attached hydrogen (secondary N) is 1. The van der Waals surface area contributed by atoms with E-state index >= 15 is 0 Å². The van der Waals surface area contributed by atoms with E-state index in [9.17, 15) is 4.79 Å². The maximum absolute atomic E-state index is 11.1. The van der Waals surface area contributed by atoms with E-state index in [1.807, 2.05) is 13.8 Å². The molecule has 18 heavy (non-hydrogen) atoms. The Balaban J connectivity index is 2.19. The largest absolute Gasteiger partial charge is 0.478 e. The number of carboxylic acid groups (broad SMARTS) is 1. The summed E-state index contributed by atoms with van der Waals surface area (Å²) in [5.74, 6) is -0.236. The van der Waals surface area contributed by atoms with Gasteiger partial charge in [0.05, 0.1) is 11.4 Å². The monoisotopic (exact) mass is 267 g/mol. The topological polar surface area (TPSA) is 88.3 Å². The van der Waals surface area contributed by atoms with Crippen molar-refractivity contribution in [2.24, 2.45) is 0 Å². The lowest BCUT2D eigenvalue weighted by atomic mass is 10.2. The highest BCUT2D eigenvalue weighted by atomic mass is 32.1. The summed E-state index contributed by atoms with van der Waals surface area (Å²) in [6.07, 6.45) is 0. The number of hydrogen-bond donors (Lipinski definition) is 2. The molecule has 0 aliphatic heterocycles. The second-order valence-corrected chi connectivity index (χ2v) is 4.71. The number of rotatable bonds is 4. The first-order chi connectivity index (χ1) is 8.50. The van der Waals surface area contributed by atoms with Gasteiger partial charge in [0.2, 0.25) is 0 Å². The van der Waals surface area contributed by atoms with Crippen molar-refractivity contribution in [3.63, 3.8) is 0 Å². The van der Waals surface area contributed by atoms with E-state index in [2.05, 4.69) is 14.8 Å². The summed E-state index contributed by atoms with van der Waals surface area (Å²) in [7, 11) is 0. The van der Waals surface area contributed by atoms with Gasteiger partial charge in [-0.15, -0.1) is 0 Å². The second-order valence-electron chi connectivity index (χ2n) is 3.93. The number of aromatic nitrogens is 2. The van der Waals surface area contributed by atoms with E-state index in [1.165, 1.54) is 0 Å². The Morgan fingerprint density at radius 3 is 2.67 bits per heavy atom. The third-order valence-electron chi connectivity index (χ3n) is 2.68. The molecule has 6 nitrogen and oxygen atoms in total. The molecular formula is C11H13N3O3S. The summed E-state index contributed by atoms with van der Waals surface area (Å²) in [5, 5.41) is 16.6. The lowest BCUT2D eigenvalue weighted by molar-refractivity contribution is 0.0697. The Bertz CT molecular complexity index is 569. The van der Waals surface area contributed by atoms with Crippen LogP contribution < -0.4 is 5.32 Å². The van der Waals surface area contributed by atoms with Gasteiger partial charge in [-0.2, -0.15) is 4.37 Å². The van der Waals surface area contributed by atoms with E-state index in [0.717, 1.165) is 28.6 Å². The zero-order valence-electron chi connectivity index (χ0n) is 10.3. The van der Waals surface area contributed by atoms with Crippen LogP contribution in [0, 0.1) is 20.8 Å². The highest BCUT2D eigenvalue weighted by Gasteiger charge is 2.18. The van der Waals surface area contributed by atoms with Crippen LogP contribution in [0.3, 0.4) is 0 Å². The first-order valence-corrected chi connectivity index (χ1v) is 6.13. The summed E-state index contributed by atoms with van der Waals surface area (Å²) in [6, 6.07) is 0. The number of aromatic carboxylic acids is 1. The Labute approximate surface area is 108 Å². The van der Waals surface area contributed by atoms with Crippen molar-refractivity contribution in [2.45, 2.75) is 27.3 Å². The minimum absolute atomic E-state index is 0.228. The molecule has 0 atom stereocenters. The summed E-state index contributed by atoms with van der Waals surface area (Å²) in [4.78, 5) is 11.1. The molecule has 96 valence electrons. The average molecular weight is 267 g/mol. The highest BCUT2D eigenvalue weighted by Crippen LogP contribution is 2.25. The van der Waals surface area contributed by atoms with Crippen LogP contribution in [0.15, 0.2) is 4.52 Å². The number of carboxylic acids is 1. The predicted octanol–water partition coefficient (Wildman–Crippen LogP) is 2.37. The number of hydrogen-bond acceptors (Lipinski definition) is 6. The molecule has 0 bridgehead atoms. The Morgan fingerprint density at radius 2 is 2.11 bits per heavy atom. The van der Waals surface area contributed by atoms with Gasteiger partial charge in [-0.25, -0.2) is 4.79 Å². The van der Waals surface area contributed by atoms with E-state index < -0.39 is 5.97 Å². The predicted molar refractivity (Wildman–Crippen MR) is 67.1 cm³/mol. The molecule has 0 aromatic carbocycles. The van der Waals surface area contributed by atoms with Crippen LogP contribution in [0.4, 0.5) is 5.00 Å². The fourth-order valence-corrected chi connectivity index (χ4v) is 2.45. The van der Waals surface area contributed by atoms with Gasteiger partial charge in [0.1, 0.15) is 16.3 Å². The zero-order valence-corrected chi connectivity index (χ0v) is 11.1. The standard InChI is InChI=1S/C11H13N3O3S/c1-5-8(7(3)17-13-5)4-12-10-9(11(15)16)6(2)14-18-10/h12H,4H2,1-3H3,(H,15,16). The molecule has 2 aromatic heterocycles. The van der Waals surface area contributed by atoms with Crippen molar-refractivity contribution in [1.82, 2.24) is 9.53 Å². The molecule has 0 saturated carbocycles. The van der Waals surface area contributed by atoms with Crippen molar-refractivity contribution in [3.8, 4) is 0 Å². The maximum atomic E-state index is 11.1. The van der Waals surface area contributed by atoms with Crippen LogP contribution in [0.5, 0.6) is 0 Å². The van der Waals surface area contributed by atoms with E-state index in [1.54, 1.807) is 6.92 Å². The van der Waals surface area contributed by atoms with Crippen molar-refractivity contribution in [2.75, 3.05) is 5.32 Å². The minimum Gasteiger partial charge on any atom is -0.478 e. The molecule has 0 aliphatic carbocycles. The van der Waals surface area contributed by atoms with Crippen molar-refractivity contribution >= 4 is 22.5 Å². The lowest BCUT2D eigenvalue weighted by Gasteiger charge is -2.04.